The quantitative estimate of drug-likeness (QED) is 0.731. The van der Waals surface area contributed by atoms with Gasteiger partial charge in [-0.15, -0.1) is 0 Å². The number of ether oxygens (including phenoxy) is 5. The molecule has 1 fully saturated rings. The second-order valence-corrected chi connectivity index (χ2v) is 7.65. The van der Waals surface area contributed by atoms with Crippen molar-refractivity contribution in [1.29, 1.82) is 0 Å². The van der Waals surface area contributed by atoms with E-state index in [1.54, 1.807) is 18.2 Å². The van der Waals surface area contributed by atoms with Crippen LogP contribution in [0.1, 0.15) is 34.3 Å². The van der Waals surface area contributed by atoms with Gasteiger partial charge >= 0.3 is 5.97 Å². The molecule has 1 saturated heterocycles. The van der Waals surface area contributed by atoms with Crippen molar-refractivity contribution in [2.45, 2.75) is 18.6 Å². The predicted octanol–water partition coefficient (Wildman–Crippen LogP) is 1.89. The first-order chi connectivity index (χ1) is 14.6. The Morgan fingerprint density at radius 1 is 1.03 bits per heavy atom. The average Bonchev–Trinajstić information content (AvgIpc) is 3.38. The van der Waals surface area contributed by atoms with Gasteiger partial charge in [0.2, 0.25) is 6.79 Å². The van der Waals surface area contributed by atoms with Crippen LogP contribution >= 0.6 is 0 Å². The third-order valence-electron chi connectivity index (χ3n) is 6.26. The van der Waals surface area contributed by atoms with E-state index < -0.39 is 17.9 Å². The Morgan fingerprint density at radius 3 is 2.43 bits per heavy atom. The van der Waals surface area contributed by atoms with Crippen molar-refractivity contribution in [1.82, 2.24) is 0 Å². The Bertz CT molecular complexity index is 991. The topological polar surface area (TPSA) is 104 Å². The van der Waals surface area contributed by atoms with Gasteiger partial charge in [-0.3, -0.25) is 4.79 Å². The summed E-state index contributed by atoms with van der Waals surface area (Å²) >= 11 is 0. The number of fused-ring (bicyclic) bond motifs is 3. The number of hydrogen-bond acceptors (Lipinski definition) is 8. The van der Waals surface area contributed by atoms with E-state index in [2.05, 4.69) is 0 Å². The number of benzene rings is 2. The van der Waals surface area contributed by atoms with Crippen molar-refractivity contribution >= 4 is 5.97 Å². The van der Waals surface area contributed by atoms with Crippen LogP contribution in [0.25, 0.3) is 0 Å². The summed E-state index contributed by atoms with van der Waals surface area (Å²) in [5.41, 5.74) is 2.76. The van der Waals surface area contributed by atoms with E-state index in [1.807, 2.05) is 6.07 Å². The summed E-state index contributed by atoms with van der Waals surface area (Å²) < 4.78 is 27.3. The van der Waals surface area contributed by atoms with Crippen LogP contribution in [-0.4, -0.2) is 43.8 Å². The zero-order chi connectivity index (χ0) is 21.0. The molecule has 5 rings (SSSR count). The lowest BCUT2D eigenvalue weighted by Gasteiger charge is -2.37. The molecule has 2 unspecified atom stereocenters. The Morgan fingerprint density at radius 2 is 1.77 bits per heavy atom. The Labute approximate surface area is 172 Å². The maximum absolute atomic E-state index is 12.7. The van der Waals surface area contributed by atoms with Crippen molar-refractivity contribution in [2.24, 2.45) is 11.8 Å². The highest BCUT2D eigenvalue weighted by molar-refractivity contribution is 5.78. The fourth-order valence-electron chi connectivity index (χ4n) is 4.90. The van der Waals surface area contributed by atoms with Crippen molar-refractivity contribution in [3.05, 3.63) is 46.5 Å². The predicted molar refractivity (Wildman–Crippen MR) is 103 cm³/mol. The first-order valence-electron chi connectivity index (χ1n) is 9.71. The SMILES string of the molecule is COc1cc(C2c3cc4c(cc3[C@H](O)[C@H]3COC(=O)C23)OCO4)cc(CO)c1OC. The van der Waals surface area contributed by atoms with Crippen molar-refractivity contribution < 1.29 is 38.7 Å². The van der Waals surface area contributed by atoms with Gasteiger partial charge in [-0.25, -0.2) is 0 Å². The highest BCUT2D eigenvalue weighted by atomic mass is 16.7. The monoisotopic (exact) mass is 414 g/mol. The van der Waals surface area contributed by atoms with Crippen LogP contribution < -0.4 is 18.9 Å². The molecule has 8 nitrogen and oxygen atoms in total. The fourth-order valence-corrected chi connectivity index (χ4v) is 4.90. The molecule has 158 valence electrons. The highest BCUT2D eigenvalue weighted by Gasteiger charge is 2.52. The maximum Gasteiger partial charge on any atom is 0.310 e. The number of carbonyl (C=O) groups excluding carboxylic acids is 1. The van der Waals surface area contributed by atoms with Crippen LogP contribution in [0.4, 0.5) is 0 Å². The summed E-state index contributed by atoms with van der Waals surface area (Å²) in [6, 6.07) is 7.21. The fraction of sp³-hybridized carbons (Fsp3) is 0.409. The molecule has 0 amide bonds. The van der Waals surface area contributed by atoms with E-state index in [9.17, 15) is 15.0 Å². The van der Waals surface area contributed by atoms with Gasteiger partial charge in [-0.1, -0.05) is 0 Å². The second kappa shape index (κ2) is 7.07. The third kappa shape index (κ3) is 2.64. The summed E-state index contributed by atoms with van der Waals surface area (Å²) in [5, 5.41) is 20.9. The molecule has 8 heteroatoms. The third-order valence-corrected chi connectivity index (χ3v) is 6.26. The van der Waals surface area contributed by atoms with Gasteiger partial charge in [0.15, 0.2) is 23.0 Å². The number of hydrogen-bond donors (Lipinski definition) is 2. The van der Waals surface area contributed by atoms with Gasteiger partial charge in [0.1, 0.15) is 0 Å². The van der Waals surface area contributed by atoms with Crippen LogP contribution in [0.2, 0.25) is 0 Å². The molecule has 3 aliphatic rings. The first-order valence-corrected chi connectivity index (χ1v) is 9.71. The molecule has 2 N–H and O–H groups in total. The molecule has 0 radical (unpaired) electrons. The van der Waals surface area contributed by atoms with Gasteiger partial charge < -0.3 is 33.9 Å². The van der Waals surface area contributed by atoms with E-state index in [1.165, 1.54) is 14.2 Å². The molecule has 0 spiro atoms. The number of methoxy groups -OCH3 is 2. The number of esters is 1. The van der Waals surface area contributed by atoms with Crippen LogP contribution in [0.3, 0.4) is 0 Å². The molecular weight excluding hydrogens is 392 g/mol. The van der Waals surface area contributed by atoms with Crippen molar-refractivity contribution in [3.63, 3.8) is 0 Å². The molecule has 0 aromatic heterocycles. The van der Waals surface area contributed by atoms with E-state index in [4.69, 9.17) is 23.7 Å². The highest BCUT2D eigenvalue weighted by Crippen LogP contribution is 2.54. The second-order valence-electron chi connectivity index (χ2n) is 7.65. The summed E-state index contributed by atoms with van der Waals surface area (Å²) in [4.78, 5) is 12.7. The molecule has 2 aliphatic heterocycles. The molecular formula is C22H22O8. The molecule has 2 aromatic rings. The van der Waals surface area contributed by atoms with Gasteiger partial charge in [0.25, 0.3) is 0 Å². The lowest BCUT2D eigenvalue weighted by molar-refractivity contribution is -0.141. The molecule has 2 heterocycles. The van der Waals surface area contributed by atoms with E-state index in [0.717, 1.165) is 11.1 Å². The minimum absolute atomic E-state index is 0.110. The summed E-state index contributed by atoms with van der Waals surface area (Å²) in [6.07, 6.45) is -0.861. The Hall–Kier alpha value is -2.97. The van der Waals surface area contributed by atoms with Gasteiger partial charge in [0.05, 0.1) is 39.5 Å². The van der Waals surface area contributed by atoms with E-state index >= 15 is 0 Å². The van der Waals surface area contributed by atoms with Crippen LogP contribution in [0.5, 0.6) is 23.0 Å². The van der Waals surface area contributed by atoms with Crippen molar-refractivity contribution in [2.75, 3.05) is 27.6 Å². The Balaban J connectivity index is 1.74. The number of carbonyl (C=O) groups is 1. The smallest absolute Gasteiger partial charge is 0.310 e. The van der Waals surface area contributed by atoms with E-state index in [-0.39, 0.29) is 31.9 Å². The standard InChI is InChI=1S/C22H22O8/c1-26-17-4-10(3-11(7-23)21(17)27-2)18-12-5-15-16(30-9-29-15)6-13(12)20(24)14-8-28-22(25)19(14)18/h3-6,14,18-20,23-24H,7-9H2,1-2H3/t14-,18?,19?,20-/m0/s1. The molecule has 30 heavy (non-hydrogen) atoms. The number of cyclic esters (lactones) is 1. The summed E-state index contributed by atoms with van der Waals surface area (Å²) in [6.45, 7) is 0.00333. The number of rotatable bonds is 4. The van der Waals surface area contributed by atoms with Gasteiger partial charge in [-0.05, 0) is 41.0 Å². The summed E-state index contributed by atoms with van der Waals surface area (Å²) in [5.74, 6) is 0.304. The lowest BCUT2D eigenvalue weighted by atomic mass is 9.66. The first kappa shape index (κ1) is 19.0. The van der Waals surface area contributed by atoms with Crippen LogP contribution in [0, 0.1) is 11.8 Å². The molecule has 1 aliphatic carbocycles. The Kier molecular flexibility index (Phi) is 4.48. The molecule has 0 saturated carbocycles. The minimum atomic E-state index is -0.861. The van der Waals surface area contributed by atoms with Crippen molar-refractivity contribution in [3.8, 4) is 23.0 Å². The summed E-state index contributed by atoms with van der Waals surface area (Å²) in [7, 11) is 3.03. The van der Waals surface area contributed by atoms with Crippen LogP contribution in [0.15, 0.2) is 24.3 Å². The number of aliphatic hydroxyl groups is 2. The average molecular weight is 414 g/mol. The zero-order valence-electron chi connectivity index (χ0n) is 16.6. The molecule has 4 atom stereocenters. The minimum Gasteiger partial charge on any atom is -0.493 e. The molecule has 2 aromatic carbocycles. The maximum atomic E-state index is 12.7. The van der Waals surface area contributed by atoms with Gasteiger partial charge in [0, 0.05) is 17.4 Å². The zero-order valence-corrected chi connectivity index (χ0v) is 16.6. The number of aliphatic hydroxyl groups excluding tert-OH is 2. The normalized spacial score (nSPS) is 26.1. The van der Waals surface area contributed by atoms with Crippen LogP contribution in [-0.2, 0) is 16.1 Å². The van der Waals surface area contributed by atoms with Gasteiger partial charge in [-0.2, -0.15) is 0 Å². The largest absolute Gasteiger partial charge is 0.493 e. The van der Waals surface area contributed by atoms with E-state index in [0.29, 0.717) is 34.1 Å². The lowest BCUT2D eigenvalue weighted by Crippen LogP contribution is -2.34. The molecule has 0 bridgehead atoms.